The van der Waals surface area contributed by atoms with Crippen molar-refractivity contribution in [1.82, 2.24) is 5.32 Å². The summed E-state index contributed by atoms with van der Waals surface area (Å²) in [5.74, 6) is 1.26. The number of nitrogens with zero attached hydrogens (tertiary/aromatic N) is 1. The fraction of sp³-hybridized carbons (Fsp3) is 0.222. The molecular formula is C18H17N3O4S. The van der Waals surface area contributed by atoms with Crippen molar-refractivity contribution in [3.63, 3.8) is 0 Å². The van der Waals surface area contributed by atoms with Gasteiger partial charge in [0.05, 0.1) is 16.2 Å². The van der Waals surface area contributed by atoms with Crippen molar-refractivity contribution in [2.45, 2.75) is 12.5 Å². The molecule has 0 aliphatic carbocycles. The van der Waals surface area contributed by atoms with E-state index in [2.05, 4.69) is 10.6 Å². The summed E-state index contributed by atoms with van der Waals surface area (Å²) >= 11 is 1.80. The van der Waals surface area contributed by atoms with Crippen LogP contribution in [0.25, 0.3) is 0 Å². The molecule has 3 rings (SSSR count). The predicted octanol–water partition coefficient (Wildman–Crippen LogP) is 3.08. The standard InChI is InChI=1S/C18H17N3O4S/c22-17(12-5-7-14(8-6-12)21(24)25)20-16-4-2-1-3-15(16)18(23)19-13-9-10-26-11-13/h1-8,13H,9-11H2,(H,19,23)(H,20,22)/t13-/m0/s1. The molecule has 1 aliphatic rings. The van der Waals surface area contributed by atoms with Gasteiger partial charge in [0.25, 0.3) is 17.5 Å². The molecule has 1 saturated heterocycles. The molecule has 0 bridgehead atoms. The highest BCUT2D eigenvalue weighted by atomic mass is 32.2. The Morgan fingerprint density at radius 2 is 1.81 bits per heavy atom. The zero-order valence-electron chi connectivity index (χ0n) is 13.8. The van der Waals surface area contributed by atoms with Gasteiger partial charge < -0.3 is 10.6 Å². The van der Waals surface area contributed by atoms with Gasteiger partial charge in [0.15, 0.2) is 0 Å². The second kappa shape index (κ2) is 8.01. The van der Waals surface area contributed by atoms with E-state index in [1.807, 2.05) is 0 Å². The topological polar surface area (TPSA) is 101 Å². The van der Waals surface area contributed by atoms with Crippen molar-refractivity contribution in [3.8, 4) is 0 Å². The third-order valence-electron chi connectivity index (χ3n) is 4.03. The van der Waals surface area contributed by atoms with Gasteiger partial charge in [-0.3, -0.25) is 19.7 Å². The van der Waals surface area contributed by atoms with Crippen molar-refractivity contribution in [2.75, 3.05) is 16.8 Å². The van der Waals surface area contributed by atoms with E-state index in [1.54, 1.807) is 36.0 Å². The van der Waals surface area contributed by atoms with E-state index in [1.165, 1.54) is 24.3 Å². The van der Waals surface area contributed by atoms with Crippen LogP contribution in [-0.4, -0.2) is 34.3 Å². The van der Waals surface area contributed by atoms with Crippen LogP contribution in [0, 0.1) is 10.1 Å². The van der Waals surface area contributed by atoms with E-state index in [4.69, 9.17) is 0 Å². The Hall–Kier alpha value is -2.87. The average molecular weight is 371 g/mol. The van der Waals surface area contributed by atoms with Crippen molar-refractivity contribution in [2.24, 2.45) is 0 Å². The molecule has 8 heteroatoms. The van der Waals surface area contributed by atoms with Crippen molar-refractivity contribution in [3.05, 3.63) is 69.8 Å². The van der Waals surface area contributed by atoms with Crippen LogP contribution in [0.2, 0.25) is 0 Å². The lowest BCUT2D eigenvalue weighted by Gasteiger charge is -2.14. The first-order valence-corrected chi connectivity index (χ1v) is 9.23. The predicted molar refractivity (Wildman–Crippen MR) is 101 cm³/mol. The van der Waals surface area contributed by atoms with Gasteiger partial charge in [-0.2, -0.15) is 11.8 Å². The molecule has 134 valence electrons. The van der Waals surface area contributed by atoms with Gasteiger partial charge in [0, 0.05) is 29.5 Å². The number of anilines is 1. The van der Waals surface area contributed by atoms with Gasteiger partial charge in [-0.1, -0.05) is 12.1 Å². The molecule has 26 heavy (non-hydrogen) atoms. The lowest BCUT2D eigenvalue weighted by atomic mass is 10.1. The van der Waals surface area contributed by atoms with Crippen LogP contribution in [-0.2, 0) is 0 Å². The zero-order chi connectivity index (χ0) is 18.5. The summed E-state index contributed by atoms with van der Waals surface area (Å²) in [6.07, 6.45) is 0.938. The Morgan fingerprint density at radius 3 is 2.46 bits per heavy atom. The highest BCUT2D eigenvalue weighted by molar-refractivity contribution is 7.99. The first-order chi connectivity index (χ1) is 12.5. The molecule has 0 aromatic heterocycles. The van der Waals surface area contributed by atoms with Gasteiger partial charge in [0.1, 0.15) is 0 Å². The number of non-ortho nitro benzene ring substituents is 1. The lowest BCUT2D eigenvalue weighted by molar-refractivity contribution is -0.384. The number of hydrogen-bond acceptors (Lipinski definition) is 5. The molecule has 1 heterocycles. The van der Waals surface area contributed by atoms with Crippen LogP contribution in [0.3, 0.4) is 0 Å². The number of carbonyl (C=O) groups is 2. The smallest absolute Gasteiger partial charge is 0.269 e. The number of nitrogens with one attached hydrogen (secondary N) is 2. The fourth-order valence-corrected chi connectivity index (χ4v) is 3.78. The molecule has 0 saturated carbocycles. The third-order valence-corrected chi connectivity index (χ3v) is 5.19. The highest BCUT2D eigenvalue weighted by Crippen LogP contribution is 2.20. The summed E-state index contributed by atoms with van der Waals surface area (Å²) in [7, 11) is 0. The van der Waals surface area contributed by atoms with E-state index in [0.717, 1.165) is 17.9 Å². The van der Waals surface area contributed by atoms with Crippen molar-refractivity contribution >= 4 is 35.0 Å². The summed E-state index contributed by atoms with van der Waals surface area (Å²) in [5, 5.41) is 16.4. The largest absolute Gasteiger partial charge is 0.348 e. The van der Waals surface area contributed by atoms with Gasteiger partial charge in [-0.15, -0.1) is 0 Å². The van der Waals surface area contributed by atoms with Crippen LogP contribution in [0.15, 0.2) is 48.5 Å². The number of rotatable bonds is 5. The summed E-state index contributed by atoms with van der Waals surface area (Å²) in [6.45, 7) is 0. The van der Waals surface area contributed by atoms with Gasteiger partial charge in [0.2, 0.25) is 0 Å². The Morgan fingerprint density at radius 1 is 1.08 bits per heavy atom. The van der Waals surface area contributed by atoms with E-state index in [9.17, 15) is 19.7 Å². The van der Waals surface area contributed by atoms with E-state index in [0.29, 0.717) is 11.3 Å². The number of para-hydroxylation sites is 1. The second-order valence-electron chi connectivity index (χ2n) is 5.84. The lowest BCUT2D eigenvalue weighted by Crippen LogP contribution is -2.35. The molecule has 2 amide bonds. The number of benzene rings is 2. The molecule has 1 fully saturated rings. The third kappa shape index (κ3) is 4.20. The molecule has 2 N–H and O–H groups in total. The fourth-order valence-electron chi connectivity index (χ4n) is 2.63. The summed E-state index contributed by atoms with van der Waals surface area (Å²) < 4.78 is 0. The molecule has 2 aromatic rings. The summed E-state index contributed by atoms with van der Waals surface area (Å²) in [6, 6.07) is 12.2. The van der Waals surface area contributed by atoms with E-state index < -0.39 is 10.8 Å². The zero-order valence-corrected chi connectivity index (χ0v) is 14.6. The van der Waals surface area contributed by atoms with Gasteiger partial charge in [-0.25, -0.2) is 0 Å². The normalized spacial score (nSPS) is 16.1. The van der Waals surface area contributed by atoms with E-state index >= 15 is 0 Å². The Balaban J connectivity index is 1.73. The van der Waals surface area contributed by atoms with Crippen LogP contribution in [0.1, 0.15) is 27.1 Å². The molecule has 0 radical (unpaired) electrons. The van der Waals surface area contributed by atoms with Gasteiger partial charge >= 0.3 is 0 Å². The van der Waals surface area contributed by atoms with E-state index in [-0.39, 0.29) is 23.2 Å². The van der Waals surface area contributed by atoms with Crippen LogP contribution in [0.4, 0.5) is 11.4 Å². The van der Waals surface area contributed by atoms with Crippen LogP contribution in [0.5, 0.6) is 0 Å². The number of thioether (sulfide) groups is 1. The Labute approximate surface area is 154 Å². The average Bonchev–Trinajstić information content (AvgIpc) is 3.15. The molecule has 2 aromatic carbocycles. The minimum atomic E-state index is -0.525. The minimum absolute atomic E-state index is 0.0873. The monoisotopic (exact) mass is 371 g/mol. The Kier molecular flexibility index (Phi) is 5.52. The van der Waals surface area contributed by atoms with Gasteiger partial charge in [-0.05, 0) is 36.4 Å². The number of amides is 2. The quantitative estimate of drug-likeness (QED) is 0.621. The molecule has 0 spiro atoms. The number of nitro groups is 1. The molecule has 1 aliphatic heterocycles. The maximum atomic E-state index is 12.5. The molecule has 1 atom stereocenters. The van der Waals surface area contributed by atoms with Crippen LogP contribution >= 0.6 is 11.8 Å². The van der Waals surface area contributed by atoms with Crippen LogP contribution < -0.4 is 10.6 Å². The number of carbonyl (C=O) groups excluding carboxylic acids is 2. The second-order valence-corrected chi connectivity index (χ2v) is 6.99. The minimum Gasteiger partial charge on any atom is -0.348 e. The molecule has 0 unspecified atom stereocenters. The molecule has 7 nitrogen and oxygen atoms in total. The highest BCUT2D eigenvalue weighted by Gasteiger charge is 2.20. The number of nitro benzene ring substituents is 1. The Bertz CT molecular complexity index is 833. The first kappa shape index (κ1) is 17.9. The summed E-state index contributed by atoms with van der Waals surface area (Å²) in [5.41, 5.74) is 0.979. The maximum absolute atomic E-state index is 12.5. The van der Waals surface area contributed by atoms with Crippen molar-refractivity contribution in [1.29, 1.82) is 0 Å². The first-order valence-electron chi connectivity index (χ1n) is 8.08. The number of hydrogen-bond donors (Lipinski definition) is 2. The molecular weight excluding hydrogens is 354 g/mol. The maximum Gasteiger partial charge on any atom is 0.269 e. The van der Waals surface area contributed by atoms with Crippen molar-refractivity contribution < 1.29 is 14.5 Å². The SMILES string of the molecule is O=C(Nc1ccccc1C(=O)N[C@H]1CCSC1)c1ccc([N+](=O)[O-])cc1. The summed E-state index contributed by atoms with van der Waals surface area (Å²) in [4.78, 5) is 35.1.